The molecule has 1 aromatic carbocycles. The molecule has 2 aromatic rings. The summed E-state index contributed by atoms with van der Waals surface area (Å²) in [6.45, 7) is 7.05. The molecule has 0 aliphatic rings. The van der Waals surface area contributed by atoms with Crippen LogP contribution in [0.15, 0.2) is 24.3 Å². The van der Waals surface area contributed by atoms with E-state index in [0.717, 1.165) is 15.9 Å². The summed E-state index contributed by atoms with van der Waals surface area (Å²) in [5.41, 5.74) is 1.47. The molecule has 5 heteroatoms. The summed E-state index contributed by atoms with van der Waals surface area (Å²) < 4.78 is 5.70. The van der Waals surface area contributed by atoms with E-state index < -0.39 is 0 Å². The zero-order valence-corrected chi connectivity index (χ0v) is 12.5. The Balaban J connectivity index is 1.96. The first-order chi connectivity index (χ1) is 8.99. The normalized spacial score (nSPS) is 11.4. The number of hydrogen-bond donors (Lipinski definition) is 1. The van der Waals surface area contributed by atoms with Gasteiger partial charge in [0.15, 0.2) is 5.01 Å². The van der Waals surface area contributed by atoms with E-state index in [1.54, 1.807) is 0 Å². The van der Waals surface area contributed by atoms with Crippen LogP contribution in [0.3, 0.4) is 0 Å². The van der Waals surface area contributed by atoms with Crippen LogP contribution < -0.4 is 10.1 Å². The predicted octanol–water partition coefficient (Wildman–Crippen LogP) is 3.46. The molecule has 0 radical (unpaired) electrons. The molecular formula is C14H19N3OS. The third kappa shape index (κ3) is 3.67. The largest absolute Gasteiger partial charge is 0.486 e. The molecule has 0 aliphatic carbocycles. The van der Waals surface area contributed by atoms with Gasteiger partial charge in [-0.3, -0.25) is 0 Å². The van der Waals surface area contributed by atoms with E-state index in [2.05, 4.69) is 48.4 Å². The summed E-state index contributed by atoms with van der Waals surface area (Å²) in [5, 5.41) is 12.6. The number of aromatic nitrogens is 2. The van der Waals surface area contributed by atoms with Crippen LogP contribution in [0.5, 0.6) is 5.75 Å². The van der Waals surface area contributed by atoms with Gasteiger partial charge in [-0.15, -0.1) is 10.2 Å². The topological polar surface area (TPSA) is 47.0 Å². The first kappa shape index (κ1) is 13.8. The lowest BCUT2D eigenvalue weighted by molar-refractivity contribution is 0.304. The fraction of sp³-hybridized carbons (Fsp3) is 0.429. The molecule has 0 fully saturated rings. The van der Waals surface area contributed by atoms with E-state index in [1.807, 2.05) is 19.2 Å². The van der Waals surface area contributed by atoms with Crippen molar-refractivity contribution in [2.45, 2.75) is 32.8 Å². The van der Waals surface area contributed by atoms with Gasteiger partial charge >= 0.3 is 0 Å². The monoisotopic (exact) mass is 277 g/mol. The third-order valence-corrected chi connectivity index (χ3v) is 3.68. The number of nitrogens with one attached hydrogen (secondary N) is 1. The molecule has 102 valence electrons. The molecule has 2 rings (SSSR count). The molecule has 19 heavy (non-hydrogen) atoms. The number of hydrogen-bond acceptors (Lipinski definition) is 5. The van der Waals surface area contributed by atoms with Gasteiger partial charge in [-0.05, 0) is 23.1 Å². The molecule has 0 saturated heterocycles. The van der Waals surface area contributed by atoms with Gasteiger partial charge in [0.2, 0.25) is 5.13 Å². The van der Waals surface area contributed by atoms with Crippen molar-refractivity contribution < 1.29 is 4.74 Å². The summed E-state index contributed by atoms with van der Waals surface area (Å²) in [6.07, 6.45) is 0. The Kier molecular flexibility index (Phi) is 4.04. The molecule has 0 bridgehead atoms. The van der Waals surface area contributed by atoms with Crippen LogP contribution >= 0.6 is 11.3 Å². The quantitative estimate of drug-likeness (QED) is 0.929. The van der Waals surface area contributed by atoms with Gasteiger partial charge in [0, 0.05) is 7.05 Å². The molecule has 0 saturated carbocycles. The second-order valence-electron chi connectivity index (χ2n) is 5.31. The molecule has 1 heterocycles. The Labute approximate surface area is 117 Å². The van der Waals surface area contributed by atoms with Crippen molar-refractivity contribution in [1.29, 1.82) is 0 Å². The number of anilines is 1. The van der Waals surface area contributed by atoms with E-state index in [1.165, 1.54) is 16.9 Å². The summed E-state index contributed by atoms with van der Waals surface area (Å²) >= 11 is 1.50. The zero-order valence-electron chi connectivity index (χ0n) is 11.7. The van der Waals surface area contributed by atoms with Crippen LogP contribution in [-0.2, 0) is 12.0 Å². The summed E-state index contributed by atoms with van der Waals surface area (Å²) in [7, 11) is 1.83. The second kappa shape index (κ2) is 5.57. The summed E-state index contributed by atoms with van der Waals surface area (Å²) in [4.78, 5) is 0. The van der Waals surface area contributed by atoms with E-state index in [9.17, 15) is 0 Å². The Morgan fingerprint density at radius 2 is 1.84 bits per heavy atom. The fourth-order valence-corrected chi connectivity index (χ4v) is 2.22. The Hall–Kier alpha value is -1.62. The van der Waals surface area contributed by atoms with E-state index in [-0.39, 0.29) is 5.41 Å². The van der Waals surface area contributed by atoms with E-state index in [4.69, 9.17) is 4.74 Å². The Morgan fingerprint density at radius 3 is 2.37 bits per heavy atom. The highest BCUT2D eigenvalue weighted by Crippen LogP contribution is 2.25. The van der Waals surface area contributed by atoms with Crippen LogP contribution in [0.2, 0.25) is 0 Å². The molecule has 0 atom stereocenters. The molecule has 0 aliphatic heterocycles. The minimum Gasteiger partial charge on any atom is -0.486 e. The van der Waals surface area contributed by atoms with E-state index >= 15 is 0 Å². The van der Waals surface area contributed by atoms with Crippen molar-refractivity contribution in [2.24, 2.45) is 0 Å². The first-order valence-electron chi connectivity index (χ1n) is 6.22. The van der Waals surface area contributed by atoms with Crippen LogP contribution in [0.25, 0.3) is 0 Å². The molecule has 0 spiro atoms. The van der Waals surface area contributed by atoms with Crippen LogP contribution in [0, 0.1) is 0 Å². The molecule has 1 aromatic heterocycles. The highest BCUT2D eigenvalue weighted by molar-refractivity contribution is 7.15. The van der Waals surface area contributed by atoms with Gasteiger partial charge in [-0.1, -0.05) is 44.2 Å². The van der Waals surface area contributed by atoms with E-state index in [0.29, 0.717) is 6.61 Å². The second-order valence-corrected chi connectivity index (χ2v) is 6.38. The van der Waals surface area contributed by atoms with Gasteiger partial charge < -0.3 is 10.1 Å². The zero-order chi connectivity index (χ0) is 13.9. The standard InChI is InChI=1S/C14H19N3OS/c1-14(2,3)10-5-7-11(8-6-10)18-9-12-16-17-13(15-4)19-12/h5-8H,9H2,1-4H3,(H,15,17). The molecule has 0 amide bonds. The van der Waals surface area contributed by atoms with Gasteiger partial charge in [0.1, 0.15) is 12.4 Å². The average molecular weight is 277 g/mol. The smallest absolute Gasteiger partial charge is 0.205 e. The van der Waals surface area contributed by atoms with Crippen molar-refractivity contribution in [3.63, 3.8) is 0 Å². The van der Waals surface area contributed by atoms with Crippen molar-refractivity contribution in [3.8, 4) is 5.75 Å². The van der Waals surface area contributed by atoms with Crippen LogP contribution in [0.1, 0.15) is 31.3 Å². The van der Waals surface area contributed by atoms with Gasteiger partial charge in [-0.2, -0.15) is 0 Å². The maximum absolute atomic E-state index is 5.70. The maximum atomic E-state index is 5.70. The maximum Gasteiger partial charge on any atom is 0.205 e. The van der Waals surface area contributed by atoms with Crippen LogP contribution in [0.4, 0.5) is 5.13 Å². The highest BCUT2D eigenvalue weighted by Gasteiger charge is 2.13. The fourth-order valence-electron chi connectivity index (χ4n) is 1.61. The van der Waals surface area contributed by atoms with Crippen molar-refractivity contribution in [1.82, 2.24) is 10.2 Å². The lowest BCUT2D eigenvalue weighted by atomic mass is 9.87. The van der Waals surface area contributed by atoms with Gasteiger partial charge in [0.05, 0.1) is 0 Å². The Morgan fingerprint density at radius 1 is 1.16 bits per heavy atom. The average Bonchev–Trinajstić information content (AvgIpc) is 2.84. The third-order valence-electron chi connectivity index (χ3n) is 2.76. The number of rotatable bonds is 4. The lowest BCUT2D eigenvalue weighted by Crippen LogP contribution is -2.10. The molecule has 1 N–H and O–H groups in total. The van der Waals surface area contributed by atoms with Crippen molar-refractivity contribution in [3.05, 3.63) is 34.8 Å². The van der Waals surface area contributed by atoms with Gasteiger partial charge in [-0.25, -0.2) is 0 Å². The molecular weight excluding hydrogens is 258 g/mol. The summed E-state index contributed by atoms with van der Waals surface area (Å²) in [6, 6.07) is 8.21. The number of benzene rings is 1. The van der Waals surface area contributed by atoms with Crippen molar-refractivity contribution in [2.75, 3.05) is 12.4 Å². The SMILES string of the molecule is CNc1nnc(COc2ccc(C(C)(C)C)cc2)s1. The number of ether oxygens (including phenoxy) is 1. The van der Waals surface area contributed by atoms with Crippen LogP contribution in [-0.4, -0.2) is 17.2 Å². The Bertz CT molecular complexity index is 528. The first-order valence-corrected chi connectivity index (χ1v) is 7.04. The minimum absolute atomic E-state index is 0.166. The molecule has 4 nitrogen and oxygen atoms in total. The predicted molar refractivity (Wildman–Crippen MR) is 78.9 cm³/mol. The number of nitrogens with zero attached hydrogens (tertiary/aromatic N) is 2. The lowest BCUT2D eigenvalue weighted by Gasteiger charge is -2.19. The molecule has 0 unspecified atom stereocenters. The minimum atomic E-state index is 0.166. The highest BCUT2D eigenvalue weighted by atomic mass is 32.1. The van der Waals surface area contributed by atoms with Crippen molar-refractivity contribution >= 4 is 16.5 Å². The van der Waals surface area contributed by atoms with Gasteiger partial charge in [0.25, 0.3) is 0 Å². The summed E-state index contributed by atoms with van der Waals surface area (Å²) in [5.74, 6) is 0.856.